The predicted octanol–water partition coefficient (Wildman–Crippen LogP) is 1.21. The summed E-state index contributed by atoms with van der Waals surface area (Å²) in [5, 5.41) is 5.12. The van der Waals surface area contributed by atoms with Crippen LogP contribution in [0.15, 0.2) is 17.5 Å². The van der Waals surface area contributed by atoms with Crippen molar-refractivity contribution in [3.05, 3.63) is 22.4 Å². The molecule has 1 aliphatic heterocycles. The highest BCUT2D eigenvalue weighted by atomic mass is 32.2. The van der Waals surface area contributed by atoms with Gasteiger partial charge in [0.2, 0.25) is 5.91 Å². The molecule has 0 spiro atoms. The van der Waals surface area contributed by atoms with E-state index in [1.54, 1.807) is 11.3 Å². The molecule has 0 radical (unpaired) electrons. The topological polar surface area (TPSA) is 49.4 Å². The summed E-state index contributed by atoms with van der Waals surface area (Å²) >= 11 is 1.64. The smallest absolute Gasteiger partial charge is 0.237 e. The molecule has 19 heavy (non-hydrogen) atoms. The van der Waals surface area contributed by atoms with Crippen LogP contribution in [0.2, 0.25) is 0 Å². The minimum Gasteiger partial charge on any atom is -0.350 e. The Morgan fingerprint density at radius 3 is 3.11 bits per heavy atom. The number of carbonyl (C=O) groups excluding carboxylic acids is 1. The molecule has 3 unspecified atom stereocenters. The van der Waals surface area contributed by atoms with Crippen LogP contribution in [0, 0.1) is 0 Å². The van der Waals surface area contributed by atoms with Crippen LogP contribution in [0.1, 0.15) is 18.7 Å². The molecule has 1 N–H and O–H groups in total. The SMILES string of the molecule is CC(C(=O)NCc1cccs1)N1CCS(=O)C(C)C1. The number of amides is 1. The van der Waals surface area contributed by atoms with Crippen molar-refractivity contribution in [3.63, 3.8) is 0 Å². The zero-order chi connectivity index (χ0) is 13.8. The molecular weight excluding hydrogens is 280 g/mol. The van der Waals surface area contributed by atoms with Crippen LogP contribution in [0.4, 0.5) is 0 Å². The summed E-state index contributed by atoms with van der Waals surface area (Å²) in [6, 6.07) is 3.85. The molecule has 0 saturated carbocycles. The fourth-order valence-electron chi connectivity index (χ4n) is 2.17. The molecule has 1 aromatic rings. The highest BCUT2D eigenvalue weighted by Crippen LogP contribution is 2.12. The molecule has 2 rings (SSSR count). The Hall–Kier alpha value is -0.720. The van der Waals surface area contributed by atoms with Crippen LogP contribution in [0.25, 0.3) is 0 Å². The zero-order valence-corrected chi connectivity index (χ0v) is 12.9. The lowest BCUT2D eigenvalue weighted by Crippen LogP contribution is -2.52. The lowest BCUT2D eigenvalue weighted by Gasteiger charge is -2.34. The monoisotopic (exact) mass is 300 g/mol. The van der Waals surface area contributed by atoms with Gasteiger partial charge in [0, 0.05) is 39.8 Å². The molecule has 0 aromatic carbocycles. The van der Waals surface area contributed by atoms with Crippen molar-refractivity contribution >= 4 is 28.0 Å². The molecule has 106 valence electrons. The molecule has 0 bridgehead atoms. The van der Waals surface area contributed by atoms with Gasteiger partial charge >= 0.3 is 0 Å². The van der Waals surface area contributed by atoms with E-state index in [1.807, 2.05) is 31.4 Å². The first-order valence-electron chi connectivity index (χ1n) is 6.49. The average molecular weight is 300 g/mol. The third-order valence-electron chi connectivity index (χ3n) is 3.46. The van der Waals surface area contributed by atoms with Gasteiger partial charge in [0.1, 0.15) is 0 Å². The Labute approximate surface area is 120 Å². The molecule has 1 saturated heterocycles. The number of rotatable bonds is 4. The summed E-state index contributed by atoms with van der Waals surface area (Å²) in [6.45, 7) is 5.98. The number of hydrogen-bond acceptors (Lipinski definition) is 4. The largest absolute Gasteiger partial charge is 0.350 e. The van der Waals surface area contributed by atoms with Crippen molar-refractivity contribution in [2.24, 2.45) is 0 Å². The first kappa shape index (κ1) is 14.7. The normalized spacial score (nSPS) is 26.0. The van der Waals surface area contributed by atoms with E-state index in [1.165, 1.54) is 0 Å². The number of nitrogens with zero attached hydrogens (tertiary/aromatic N) is 1. The Morgan fingerprint density at radius 2 is 2.47 bits per heavy atom. The molecule has 1 amide bonds. The molecular formula is C13H20N2O2S2. The van der Waals surface area contributed by atoms with Gasteiger partial charge in [-0.15, -0.1) is 11.3 Å². The quantitative estimate of drug-likeness (QED) is 0.909. The fourth-order valence-corrected chi connectivity index (χ4v) is 3.98. The van der Waals surface area contributed by atoms with E-state index in [4.69, 9.17) is 0 Å². The van der Waals surface area contributed by atoms with E-state index >= 15 is 0 Å². The van der Waals surface area contributed by atoms with Crippen molar-refractivity contribution in [3.8, 4) is 0 Å². The van der Waals surface area contributed by atoms with Gasteiger partial charge in [-0.3, -0.25) is 13.9 Å². The van der Waals surface area contributed by atoms with E-state index in [9.17, 15) is 9.00 Å². The first-order chi connectivity index (χ1) is 9.08. The van der Waals surface area contributed by atoms with E-state index in [0.717, 1.165) is 18.0 Å². The van der Waals surface area contributed by atoms with Gasteiger partial charge in [0.15, 0.2) is 0 Å². The van der Waals surface area contributed by atoms with E-state index in [-0.39, 0.29) is 17.2 Å². The highest BCUT2D eigenvalue weighted by molar-refractivity contribution is 7.85. The molecule has 3 atom stereocenters. The van der Waals surface area contributed by atoms with Gasteiger partial charge in [0.05, 0.1) is 12.6 Å². The zero-order valence-electron chi connectivity index (χ0n) is 11.3. The van der Waals surface area contributed by atoms with Crippen molar-refractivity contribution in [1.29, 1.82) is 0 Å². The van der Waals surface area contributed by atoms with Gasteiger partial charge in [-0.2, -0.15) is 0 Å². The highest BCUT2D eigenvalue weighted by Gasteiger charge is 2.28. The van der Waals surface area contributed by atoms with E-state index in [2.05, 4.69) is 10.2 Å². The summed E-state index contributed by atoms with van der Waals surface area (Å²) in [5.41, 5.74) is 0. The standard InChI is InChI=1S/C13H20N2O2S2/c1-10-9-15(5-7-19(10)17)11(2)13(16)14-8-12-4-3-6-18-12/h3-4,6,10-11H,5,7-9H2,1-2H3,(H,14,16). The van der Waals surface area contributed by atoms with Gasteiger partial charge in [-0.1, -0.05) is 6.07 Å². The van der Waals surface area contributed by atoms with Crippen LogP contribution >= 0.6 is 11.3 Å². The predicted molar refractivity (Wildman–Crippen MR) is 79.7 cm³/mol. The minimum atomic E-state index is -0.735. The molecule has 0 aliphatic carbocycles. The Kier molecular flexibility index (Phi) is 5.13. The number of thiophene rings is 1. The molecule has 6 heteroatoms. The van der Waals surface area contributed by atoms with Gasteiger partial charge < -0.3 is 5.32 Å². The van der Waals surface area contributed by atoms with Crippen molar-refractivity contribution in [2.75, 3.05) is 18.8 Å². The second kappa shape index (κ2) is 6.63. The number of carbonyl (C=O) groups is 1. The Morgan fingerprint density at radius 1 is 1.68 bits per heavy atom. The second-order valence-electron chi connectivity index (χ2n) is 4.86. The fraction of sp³-hybridized carbons (Fsp3) is 0.615. The lowest BCUT2D eigenvalue weighted by molar-refractivity contribution is -0.126. The maximum Gasteiger partial charge on any atom is 0.237 e. The van der Waals surface area contributed by atoms with Gasteiger partial charge in [-0.05, 0) is 25.3 Å². The molecule has 1 aromatic heterocycles. The molecule has 1 fully saturated rings. The summed E-state index contributed by atoms with van der Waals surface area (Å²) in [5.74, 6) is 0.720. The summed E-state index contributed by atoms with van der Waals surface area (Å²) in [6.07, 6.45) is 0. The van der Waals surface area contributed by atoms with Crippen LogP contribution in [0.3, 0.4) is 0 Å². The van der Waals surface area contributed by atoms with E-state index < -0.39 is 10.8 Å². The van der Waals surface area contributed by atoms with Gasteiger partial charge in [-0.25, -0.2) is 0 Å². The first-order valence-corrected chi connectivity index (χ1v) is 8.75. The number of hydrogen-bond donors (Lipinski definition) is 1. The summed E-state index contributed by atoms with van der Waals surface area (Å²) < 4.78 is 11.6. The van der Waals surface area contributed by atoms with Crippen molar-refractivity contribution < 1.29 is 9.00 Å². The van der Waals surface area contributed by atoms with Crippen molar-refractivity contribution in [2.45, 2.75) is 31.7 Å². The maximum absolute atomic E-state index is 12.1. The minimum absolute atomic E-state index is 0.0493. The second-order valence-corrected chi connectivity index (χ2v) is 7.87. The number of nitrogens with one attached hydrogen (secondary N) is 1. The van der Waals surface area contributed by atoms with Crippen LogP contribution in [-0.4, -0.2) is 45.2 Å². The summed E-state index contributed by atoms with van der Waals surface area (Å²) in [4.78, 5) is 15.4. The Bertz CT molecular complexity index is 448. The maximum atomic E-state index is 12.1. The van der Waals surface area contributed by atoms with Crippen LogP contribution in [-0.2, 0) is 22.1 Å². The van der Waals surface area contributed by atoms with E-state index in [0.29, 0.717) is 12.3 Å². The molecule has 1 aliphatic rings. The average Bonchev–Trinajstić information content (AvgIpc) is 2.91. The lowest BCUT2D eigenvalue weighted by atomic mass is 10.2. The van der Waals surface area contributed by atoms with Crippen LogP contribution in [0.5, 0.6) is 0 Å². The third-order valence-corrected chi connectivity index (χ3v) is 5.97. The summed E-state index contributed by atoms with van der Waals surface area (Å²) in [7, 11) is -0.735. The van der Waals surface area contributed by atoms with Crippen molar-refractivity contribution in [1.82, 2.24) is 10.2 Å². The van der Waals surface area contributed by atoms with Gasteiger partial charge in [0.25, 0.3) is 0 Å². The third kappa shape index (κ3) is 3.87. The Balaban J connectivity index is 1.83. The molecule has 2 heterocycles. The van der Waals surface area contributed by atoms with Crippen LogP contribution < -0.4 is 5.32 Å². The molecule has 4 nitrogen and oxygen atoms in total.